The summed E-state index contributed by atoms with van der Waals surface area (Å²) in [6, 6.07) is 15.2. The van der Waals surface area contributed by atoms with Gasteiger partial charge < -0.3 is 19.5 Å². The average molecular weight is 355 g/mol. The molecule has 1 N–H and O–H groups in total. The quantitative estimate of drug-likeness (QED) is 0.773. The van der Waals surface area contributed by atoms with Gasteiger partial charge in [-0.15, -0.1) is 0 Å². The van der Waals surface area contributed by atoms with Gasteiger partial charge in [0.25, 0.3) is 5.91 Å². The topological polar surface area (TPSA) is 73.9 Å². The Balaban J connectivity index is 1.39. The lowest BCUT2D eigenvalue weighted by Gasteiger charge is -2.11. The van der Waals surface area contributed by atoms with Crippen LogP contribution in [0.4, 0.5) is 0 Å². The van der Waals surface area contributed by atoms with Crippen LogP contribution in [0.2, 0.25) is 0 Å². The number of hydrogen-bond donors (Lipinski definition) is 1. The molecule has 0 aliphatic carbocycles. The number of carbonyl (C=O) groups is 2. The molecule has 136 valence electrons. The zero-order valence-corrected chi connectivity index (χ0v) is 14.6. The fourth-order valence-corrected chi connectivity index (χ4v) is 2.66. The van der Waals surface area contributed by atoms with Gasteiger partial charge in [0.1, 0.15) is 0 Å². The van der Waals surface area contributed by atoms with Gasteiger partial charge in [-0.2, -0.15) is 0 Å². The highest BCUT2D eigenvalue weighted by atomic mass is 16.7. The van der Waals surface area contributed by atoms with Gasteiger partial charge in [0.2, 0.25) is 6.79 Å². The minimum absolute atomic E-state index is 0.0420. The van der Waals surface area contributed by atoms with E-state index in [2.05, 4.69) is 5.32 Å². The highest BCUT2D eigenvalue weighted by Gasteiger charge is 2.15. The van der Waals surface area contributed by atoms with E-state index in [9.17, 15) is 9.59 Å². The summed E-state index contributed by atoms with van der Waals surface area (Å²) in [7, 11) is 0. The van der Waals surface area contributed by atoms with Gasteiger partial charge in [-0.3, -0.25) is 9.59 Å². The molecule has 1 aliphatic heterocycles. The Labute approximate surface area is 152 Å². The molecule has 1 aliphatic rings. The maximum atomic E-state index is 11.9. The molecular weight excluding hydrogens is 334 g/mol. The molecule has 0 spiro atoms. The predicted octanol–water partition coefficient (Wildman–Crippen LogP) is 2.77. The number of hydrogen-bond acceptors (Lipinski definition) is 5. The van der Waals surface area contributed by atoms with Crippen molar-refractivity contribution in [1.29, 1.82) is 0 Å². The summed E-state index contributed by atoms with van der Waals surface area (Å²) < 4.78 is 15.6. The molecule has 0 unspecified atom stereocenters. The highest BCUT2D eigenvalue weighted by molar-refractivity contribution is 5.80. The molecule has 0 bridgehead atoms. The van der Waals surface area contributed by atoms with Crippen LogP contribution in [0.3, 0.4) is 0 Å². The van der Waals surface area contributed by atoms with Gasteiger partial charge in [0.05, 0.1) is 6.42 Å². The van der Waals surface area contributed by atoms with Crippen molar-refractivity contribution in [2.24, 2.45) is 0 Å². The van der Waals surface area contributed by atoms with Crippen molar-refractivity contribution < 1.29 is 23.8 Å². The summed E-state index contributed by atoms with van der Waals surface area (Å²) in [5.41, 5.74) is 1.95. The molecule has 0 aromatic heterocycles. The normalized spacial score (nSPS) is 13.1. The maximum absolute atomic E-state index is 11.9. The van der Waals surface area contributed by atoms with Crippen LogP contribution in [0, 0.1) is 0 Å². The van der Waals surface area contributed by atoms with Crippen molar-refractivity contribution in [2.75, 3.05) is 13.4 Å². The Morgan fingerprint density at radius 1 is 1.12 bits per heavy atom. The van der Waals surface area contributed by atoms with Crippen LogP contribution in [-0.4, -0.2) is 25.3 Å². The summed E-state index contributed by atoms with van der Waals surface area (Å²) in [6.07, 6.45) is 0.236. The minimum Gasteiger partial charge on any atom is -0.456 e. The zero-order chi connectivity index (χ0) is 18.4. The van der Waals surface area contributed by atoms with Crippen molar-refractivity contribution in [3.05, 3.63) is 59.7 Å². The fraction of sp³-hybridized carbons (Fsp3) is 0.300. The number of esters is 1. The molecule has 26 heavy (non-hydrogen) atoms. The molecular formula is C20H21NO5. The molecule has 2 aromatic rings. The first-order valence-corrected chi connectivity index (χ1v) is 8.47. The monoisotopic (exact) mass is 355 g/mol. The van der Waals surface area contributed by atoms with Crippen molar-refractivity contribution in [2.45, 2.75) is 25.8 Å². The second-order valence-corrected chi connectivity index (χ2v) is 6.14. The van der Waals surface area contributed by atoms with Crippen LogP contribution in [0.5, 0.6) is 11.5 Å². The molecule has 6 heteroatoms. The highest BCUT2D eigenvalue weighted by Crippen LogP contribution is 2.32. The van der Waals surface area contributed by atoms with E-state index in [1.165, 1.54) is 0 Å². The minimum atomic E-state index is -0.389. The van der Waals surface area contributed by atoms with Crippen LogP contribution < -0.4 is 14.8 Å². The number of benzene rings is 2. The van der Waals surface area contributed by atoms with Gasteiger partial charge >= 0.3 is 5.97 Å². The lowest BCUT2D eigenvalue weighted by molar-refractivity contribution is -0.148. The molecule has 0 fully saturated rings. The number of ether oxygens (including phenoxy) is 3. The molecule has 1 amide bonds. The lowest BCUT2D eigenvalue weighted by Crippen LogP contribution is -2.28. The first-order chi connectivity index (χ1) is 12.6. The second kappa shape index (κ2) is 8.38. The summed E-state index contributed by atoms with van der Waals surface area (Å²) in [5.74, 6) is 0.669. The Bertz CT molecular complexity index is 775. The molecule has 2 aromatic carbocycles. The van der Waals surface area contributed by atoms with E-state index in [0.29, 0.717) is 18.0 Å². The third kappa shape index (κ3) is 4.75. The van der Waals surface area contributed by atoms with E-state index in [1.807, 2.05) is 49.4 Å². The molecule has 1 heterocycles. The molecule has 1 atom stereocenters. The molecule has 3 rings (SSSR count). The largest absolute Gasteiger partial charge is 0.456 e. The molecule has 6 nitrogen and oxygen atoms in total. The Kier molecular flexibility index (Phi) is 5.73. The van der Waals surface area contributed by atoms with E-state index in [4.69, 9.17) is 14.2 Å². The van der Waals surface area contributed by atoms with Crippen molar-refractivity contribution in [3.63, 3.8) is 0 Å². The standard InChI is InChI=1S/C20H21NO5/c1-14(16-5-3-2-4-6-16)9-20(23)24-12-19(22)21-11-15-7-8-17-18(10-15)26-13-25-17/h2-8,10,14H,9,11-13H2,1H3,(H,21,22)/t14-/m1/s1. The number of nitrogens with one attached hydrogen (secondary N) is 1. The van der Waals surface area contributed by atoms with Crippen LogP contribution in [0.15, 0.2) is 48.5 Å². The summed E-state index contributed by atoms with van der Waals surface area (Å²) in [5, 5.41) is 2.72. The third-order valence-corrected chi connectivity index (χ3v) is 4.13. The van der Waals surface area contributed by atoms with E-state index >= 15 is 0 Å². The Hall–Kier alpha value is -3.02. The number of rotatable bonds is 7. The summed E-state index contributed by atoms with van der Waals surface area (Å²) in [4.78, 5) is 23.8. The second-order valence-electron chi connectivity index (χ2n) is 6.14. The van der Waals surface area contributed by atoms with Gasteiger partial charge in [-0.1, -0.05) is 43.3 Å². The fourth-order valence-electron chi connectivity index (χ4n) is 2.66. The Morgan fingerprint density at radius 3 is 2.69 bits per heavy atom. The number of carbonyl (C=O) groups excluding carboxylic acids is 2. The van der Waals surface area contributed by atoms with Crippen molar-refractivity contribution in [1.82, 2.24) is 5.32 Å². The Morgan fingerprint density at radius 2 is 1.88 bits per heavy atom. The first-order valence-electron chi connectivity index (χ1n) is 8.47. The summed E-state index contributed by atoms with van der Waals surface area (Å²) in [6.45, 7) is 2.21. The van der Waals surface area contributed by atoms with Crippen molar-refractivity contribution in [3.8, 4) is 11.5 Å². The SMILES string of the molecule is C[C@H](CC(=O)OCC(=O)NCc1ccc2c(c1)OCO2)c1ccccc1. The van der Waals surface area contributed by atoms with Crippen LogP contribution in [-0.2, 0) is 20.9 Å². The maximum Gasteiger partial charge on any atom is 0.306 e. The predicted molar refractivity (Wildman–Crippen MR) is 94.8 cm³/mol. The van der Waals surface area contributed by atoms with E-state index in [1.54, 1.807) is 6.07 Å². The number of fused-ring (bicyclic) bond motifs is 1. The van der Waals surface area contributed by atoms with Crippen LogP contribution >= 0.6 is 0 Å². The van der Waals surface area contributed by atoms with Crippen LogP contribution in [0.25, 0.3) is 0 Å². The summed E-state index contributed by atoms with van der Waals surface area (Å²) >= 11 is 0. The first kappa shape index (κ1) is 17.8. The van der Waals surface area contributed by atoms with Gasteiger partial charge in [-0.25, -0.2) is 0 Å². The van der Waals surface area contributed by atoms with Gasteiger partial charge in [0, 0.05) is 6.54 Å². The number of amides is 1. The molecule has 0 saturated heterocycles. The van der Waals surface area contributed by atoms with Crippen LogP contribution in [0.1, 0.15) is 30.4 Å². The van der Waals surface area contributed by atoms with Crippen molar-refractivity contribution >= 4 is 11.9 Å². The lowest BCUT2D eigenvalue weighted by atomic mass is 9.98. The zero-order valence-electron chi connectivity index (χ0n) is 14.6. The van der Waals surface area contributed by atoms with E-state index in [-0.39, 0.29) is 37.6 Å². The molecule has 0 saturated carbocycles. The molecule has 0 radical (unpaired) electrons. The smallest absolute Gasteiger partial charge is 0.306 e. The average Bonchev–Trinajstić information content (AvgIpc) is 3.13. The third-order valence-electron chi connectivity index (χ3n) is 4.13. The van der Waals surface area contributed by atoms with Gasteiger partial charge in [0.15, 0.2) is 18.1 Å². The van der Waals surface area contributed by atoms with Gasteiger partial charge in [-0.05, 0) is 29.2 Å². The van der Waals surface area contributed by atoms with E-state index in [0.717, 1.165) is 11.1 Å². The van der Waals surface area contributed by atoms with E-state index < -0.39 is 0 Å².